The van der Waals surface area contributed by atoms with Crippen LogP contribution in [0, 0.1) is 12.7 Å². The van der Waals surface area contributed by atoms with E-state index in [4.69, 9.17) is 11.6 Å². The van der Waals surface area contributed by atoms with Gasteiger partial charge in [0.2, 0.25) is 0 Å². The Morgan fingerprint density at radius 2 is 1.75 bits per heavy atom. The van der Waals surface area contributed by atoms with Gasteiger partial charge in [-0.1, -0.05) is 53.2 Å². The van der Waals surface area contributed by atoms with Gasteiger partial charge in [-0.2, -0.15) is 13.2 Å². The number of ether oxygens (including phenoxy) is 1. The van der Waals surface area contributed by atoms with Gasteiger partial charge >= 0.3 is 12.5 Å². The summed E-state index contributed by atoms with van der Waals surface area (Å²) in [5.41, 5.74) is -2.38. The number of benzene rings is 3. The number of nitrogens with zero attached hydrogens (tertiary/aromatic N) is 2. The van der Waals surface area contributed by atoms with Crippen LogP contribution in [0.1, 0.15) is 33.9 Å². The number of hydrogen-bond donors (Lipinski definition) is 1. The summed E-state index contributed by atoms with van der Waals surface area (Å²) < 4.78 is 101. The number of pyridine rings is 1. The Morgan fingerprint density at radius 1 is 1.05 bits per heavy atom. The van der Waals surface area contributed by atoms with E-state index in [0.29, 0.717) is 5.56 Å². The Morgan fingerprint density at radius 3 is 2.39 bits per heavy atom. The molecule has 0 fully saturated rings. The number of fused-ring (bicyclic) bond motifs is 1. The van der Waals surface area contributed by atoms with Crippen molar-refractivity contribution in [1.29, 1.82) is 0 Å². The number of hydrogen-bond acceptors (Lipinski definition) is 5. The molecule has 0 saturated heterocycles. The first kappa shape index (κ1) is 31.5. The van der Waals surface area contributed by atoms with Crippen LogP contribution in [0.5, 0.6) is 5.75 Å². The molecule has 1 aromatic heterocycles. The summed E-state index contributed by atoms with van der Waals surface area (Å²) in [5.74, 6) is -1.72. The third kappa shape index (κ3) is 6.03. The largest absolute Gasteiger partial charge is 0.573 e. The molecule has 1 unspecified atom stereocenters. The average Bonchev–Trinajstić information content (AvgIpc) is 3.38. The molecule has 0 bridgehead atoms. The molecule has 4 aromatic rings. The van der Waals surface area contributed by atoms with E-state index in [0.717, 1.165) is 48.2 Å². The zero-order valence-corrected chi connectivity index (χ0v) is 24.0. The average molecular weight is 657 g/mol. The van der Waals surface area contributed by atoms with E-state index in [1.807, 2.05) is 0 Å². The Labute approximate surface area is 254 Å². The van der Waals surface area contributed by atoms with Crippen molar-refractivity contribution in [3.63, 3.8) is 0 Å². The van der Waals surface area contributed by atoms with Crippen molar-refractivity contribution in [2.75, 3.05) is 5.75 Å². The maximum Gasteiger partial charge on any atom is 0.573 e. The molecule has 44 heavy (non-hydrogen) atoms. The summed E-state index contributed by atoms with van der Waals surface area (Å²) in [4.78, 5) is 14.2. The van der Waals surface area contributed by atoms with Crippen LogP contribution >= 0.6 is 23.4 Å². The van der Waals surface area contributed by atoms with Crippen LogP contribution in [0.2, 0.25) is 5.02 Å². The topological polar surface area (TPSA) is 63.8 Å². The van der Waals surface area contributed by atoms with Gasteiger partial charge in [0.1, 0.15) is 17.3 Å². The Hall–Kier alpha value is -3.97. The van der Waals surface area contributed by atoms with Gasteiger partial charge in [-0.05, 0) is 48.4 Å². The minimum atomic E-state index is -5.07. The number of alkyl halides is 6. The van der Waals surface area contributed by atoms with Gasteiger partial charge in [0.15, 0.2) is 0 Å². The quantitative estimate of drug-likeness (QED) is 0.0977. The van der Waals surface area contributed by atoms with Crippen LogP contribution in [0.25, 0.3) is 11.1 Å². The molecule has 0 spiro atoms. The van der Waals surface area contributed by atoms with Crippen molar-refractivity contribution in [3.8, 4) is 16.9 Å². The molecule has 1 N–H and O–H groups in total. The van der Waals surface area contributed by atoms with Crippen LogP contribution < -0.4 is 10.3 Å². The van der Waals surface area contributed by atoms with Crippen LogP contribution in [-0.2, 0) is 12.6 Å². The second-order valence-corrected chi connectivity index (χ2v) is 11.2. The first-order valence-electron chi connectivity index (χ1n) is 12.8. The van der Waals surface area contributed by atoms with E-state index >= 15 is 4.39 Å². The zero-order chi connectivity index (χ0) is 32.0. The molecule has 0 aliphatic carbocycles. The minimum Gasteiger partial charge on any atom is -0.411 e. The third-order valence-corrected chi connectivity index (χ3v) is 8.67. The number of thioether (sulfide) groups is 1. The van der Waals surface area contributed by atoms with Crippen LogP contribution in [-0.4, -0.2) is 27.6 Å². The lowest BCUT2D eigenvalue weighted by Crippen LogP contribution is -2.32. The first-order valence-corrected chi connectivity index (χ1v) is 14.2. The van der Waals surface area contributed by atoms with Crippen LogP contribution in [0.4, 0.5) is 30.7 Å². The fourth-order valence-corrected chi connectivity index (χ4v) is 6.81. The molecule has 0 amide bonds. The van der Waals surface area contributed by atoms with E-state index in [9.17, 15) is 36.3 Å². The molecule has 230 valence electrons. The monoisotopic (exact) mass is 656 g/mol. The van der Waals surface area contributed by atoms with E-state index in [-0.39, 0.29) is 43.8 Å². The van der Waals surface area contributed by atoms with E-state index in [1.165, 1.54) is 11.5 Å². The highest BCUT2D eigenvalue weighted by molar-refractivity contribution is 7.99. The number of halogens is 8. The molecular weight excluding hydrogens is 637 g/mol. The third-order valence-electron chi connectivity index (χ3n) is 7.14. The van der Waals surface area contributed by atoms with Gasteiger partial charge in [-0.3, -0.25) is 9.36 Å². The molecule has 0 radical (unpaired) electrons. The molecule has 1 atom stereocenters. The van der Waals surface area contributed by atoms with Crippen molar-refractivity contribution >= 4 is 29.1 Å². The lowest BCUT2D eigenvalue weighted by molar-refractivity contribution is -0.274. The summed E-state index contributed by atoms with van der Waals surface area (Å²) in [6.45, 7) is 1.40. The molecule has 5 rings (SSSR count). The summed E-state index contributed by atoms with van der Waals surface area (Å²) in [6.07, 6.45) is -10.6. The maximum atomic E-state index is 15.0. The van der Waals surface area contributed by atoms with E-state index < -0.39 is 53.3 Å². The fraction of sp³-hybridized carbons (Fsp3) is 0.200. The normalized spacial score (nSPS) is 15.4. The molecule has 1 aliphatic rings. The van der Waals surface area contributed by atoms with Crippen LogP contribution in [0.15, 0.2) is 81.7 Å². The molecule has 14 heteroatoms. The Bertz CT molecular complexity index is 1820. The minimum absolute atomic E-state index is 0.0572. The molecule has 1 aliphatic heterocycles. The Kier molecular flexibility index (Phi) is 8.47. The van der Waals surface area contributed by atoms with Crippen molar-refractivity contribution in [3.05, 3.63) is 116 Å². The first-order chi connectivity index (χ1) is 20.7. The van der Waals surface area contributed by atoms with Gasteiger partial charge in [-0.15, -0.1) is 24.9 Å². The molecule has 0 saturated carbocycles. The van der Waals surface area contributed by atoms with Gasteiger partial charge in [-0.25, -0.2) is 4.39 Å². The second kappa shape index (κ2) is 11.8. The van der Waals surface area contributed by atoms with E-state index in [2.05, 4.69) is 9.89 Å². The SMILES string of the molecule is Cc1c(Cc2c(F)cccc2C(F)(F)F)c2n(c(=O)c1-c1cc(OC(F)(F)F)ccc1Cl)C(/C(=N/O)c1ccccc1)CS2. The van der Waals surface area contributed by atoms with E-state index in [1.54, 1.807) is 30.3 Å². The van der Waals surface area contributed by atoms with Crippen molar-refractivity contribution in [1.82, 2.24) is 4.57 Å². The van der Waals surface area contributed by atoms with Gasteiger partial charge in [0, 0.05) is 33.9 Å². The van der Waals surface area contributed by atoms with Crippen molar-refractivity contribution in [2.45, 2.75) is 37.0 Å². The van der Waals surface area contributed by atoms with Gasteiger partial charge < -0.3 is 9.94 Å². The summed E-state index contributed by atoms with van der Waals surface area (Å²) in [6, 6.07) is 12.8. The molecular formula is C30H20ClF7N2O3S. The zero-order valence-electron chi connectivity index (χ0n) is 22.4. The Balaban J connectivity index is 1.80. The van der Waals surface area contributed by atoms with Crippen molar-refractivity contribution < 1.29 is 40.7 Å². The standard InChI is InChI=1S/C30H20ClF7N2O3S/c1-15-18(13-19-21(29(33,34)35)8-5-9-23(19)32)28-40(24(14-44-28)26(39-42)16-6-3-2-4-7-16)27(41)25(15)20-12-17(10-11-22(20)31)43-30(36,37)38/h2-12,24,42H,13-14H2,1H3/b39-26+. The summed E-state index contributed by atoms with van der Waals surface area (Å²) in [7, 11) is 0. The highest BCUT2D eigenvalue weighted by Gasteiger charge is 2.38. The lowest BCUT2D eigenvalue weighted by atomic mass is 9.92. The highest BCUT2D eigenvalue weighted by Crippen LogP contribution is 2.44. The van der Waals surface area contributed by atoms with Gasteiger partial charge in [0.25, 0.3) is 5.56 Å². The number of oxime groups is 1. The number of aromatic nitrogens is 1. The number of rotatable bonds is 6. The molecule has 5 nitrogen and oxygen atoms in total. The molecule has 2 heterocycles. The fourth-order valence-electron chi connectivity index (χ4n) is 5.23. The van der Waals surface area contributed by atoms with Crippen LogP contribution in [0.3, 0.4) is 0 Å². The predicted octanol–water partition coefficient (Wildman–Crippen LogP) is 8.65. The molecule has 3 aromatic carbocycles. The highest BCUT2D eigenvalue weighted by atomic mass is 35.5. The second-order valence-electron chi connectivity index (χ2n) is 9.77. The summed E-state index contributed by atoms with van der Waals surface area (Å²) >= 11 is 7.47. The smallest absolute Gasteiger partial charge is 0.411 e. The van der Waals surface area contributed by atoms with Gasteiger partial charge in [0.05, 0.1) is 22.2 Å². The summed E-state index contributed by atoms with van der Waals surface area (Å²) in [5, 5.41) is 13.5. The van der Waals surface area contributed by atoms with Crippen molar-refractivity contribution in [2.24, 2.45) is 5.16 Å². The predicted molar refractivity (Wildman–Crippen MR) is 151 cm³/mol. The lowest BCUT2D eigenvalue weighted by Gasteiger charge is -2.22. The maximum absolute atomic E-state index is 15.0.